The Morgan fingerprint density at radius 2 is 1.78 bits per heavy atom. The van der Waals surface area contributed by atoms with Crippen molar-refractivity contribution in [3.05, 3.63) is 65.1 Å². The molecule has 0 fully saturated rings. The van der Waals surface area contributed by atoms with E-state index in [0.29, 0.717) is 16.8 Å². The number of para-hydroxylation sites is 1. The van der Waals surface area contributed by atoms with Crippen molar-refractivity contribution in [1.82, 2.24) is 4.98 Å². The minimum Gasteiger partial charge on any atom is -0.422 e. The molecule has 0 unspecified atom stereocenters. The molecule has 0 saturated carbocycles. The summed E-state index contributed by atoms with van der Waals surface area (Å²) in [7, 11) is 0. The van der Waals surface area contributed by atoms with Crippen molar-refractivity contribution in [2.75, 3.05) is 0 Å². The standard InChI is InChI=1S/C14H9NO2.Ir/c16-14-11(12-6-3-4-8-15-12)9-10-5-1-2-7-13(10)17-14;/h1-9H;/q;+3. The third-order valence-electron chi connectivity index (χ3n) is 2.58. The summed E-state index contributed by atoms with van der Waals surface area (Å²) in [5.41, 5.74) is 1.36. The van der Waals surface area contributed by atoms with Crippen molar-refractivity contribution in [2.45, 2.75) is 0 Å². The molecular weight excluding hydrogens is 406 g/mol. The first-order valence-electron chi connectivity index (χ1n) is 5.29. The Morgan fingerprint density at radius 1 is 1.00 bits per heavy atom. The van der Waals surface area contributed by atoms with Crippen LogP contribution in [0.25, 0.3) is 22.2 Å². The molecule has 4 heteroatoms. The third kappa shape index (κ3) is 2.26. The van der Waals surface area contributed by atoms with Crippen LogP contribution in [-0.4, -0.2) is 4.98 Å². The van der Waals surface area contributed by atoms with Gasteiger partial charge in [-0.15, -0.1) is 0 Å². The van der Waals surface area contributed by atoms with E-state index in [1.54, 1.807) is 18.3 Å². The van der Waals surface area contributed by atoms with Gasteiger partial charge in [-0.3, -0.25) is 4.98 Å². The Morgan fingerprint density at radius 3 is 2.56 bits per heavy atom. The van der Waals surface area contributed by atoms with Gasteiger partial charge in [-0.1, -0.05) is 24.3 Å². The number of nitrogens with zero attached hydrogens (tertiary/aromatic N) is 1. The van der Waals surface area contributed by atoms with Crippen molar-refractivity contribution in [1.29, 1.82) is 0 Å². The van der Waals surface area contributed by atoms with Crippen LogP contribution in [0.4, 0.5) is 0 Å². The zero-order valence-corrected chi connectivity index (χ0v) is 11.7. The van der Waals surface area contributed by atoms with Gasteiger partial charge in [0.25, 0.3) is 0 Å². The van der Waals surface area contributed by atoms with Gasteiger partial charge in [-0.25, -0.2) is 4.79 Å². The summed E-state index contributed by atoms with van der Waals surface area (Å²) in [6.45, 7) is 0. The van der Waals surface area contributed by atoms with Gasteiger partial charge in [0.1, 0.15) is 5.58 Å². The Bertz CT molecular complexity index is 722. The summed E-state index contributed by atoms with van der Waals surface area (Å²) >= 11 is 0. The predicted molar refractivity (Wildman–Crippen MR) is 65.7 cm³/mol. The van der Waals surface area contributed by atoms with Crippen LogP contribution < -0.4 is 5.63 Å². The normalized spacial score (nSPS) is 10.0. The third-order valence-corrected chi connectivity index (χ3v) is 2.58. The number of rotatable bonds is 1. The molecular formula is C14H9IrNO2+3. The molecule has 3 nitrogen and oxygen atoms in total. The fraction of sp³-hybridized carbons (Fsp3) is 0. The molecule has 88 valence electrons. The Balaban J connectivity index is 0.00000120. The number of benzene rings is 1. The average molecular weight is 415 g/mol. The van der Waals surface area contributed by atoms with Crippen LogP contribution in [0.3, 0.4) is 0 Å². The Hall–Kier alpha value is -1.77. The maximum atomic E-state index is 11.8. The summed E-state index contributed by atoms with van der Waals surface area (Å²) in [6.07, 6.45) is 1.66. The fourth-order valence-corrected chi connectivity index (χ4v) is 1.76. The van der Waals surface area contributed by atoms with Gasteiger partial charge in [0.05, 0.1) is 11.3 Å². The molecule has 0 atom stereocenters. The summed E-state index contributed by atoms with van der Waals surface area (Å²) in [4.78, 5) is 16.0. The van der Waals surface area contributed by atoms with Crippen LogP contribution in [0.15, 0.2) is 63.9 Å². The van der Waals surface area contributed by atoms with Gasteiger partial charge in [0.15, 0.2) is 0 Å². The first kappa shape index (κ1) is 12.7. The smallest absolute Gasteiger partial charge is 0.422 e. The second-order valence-corrected chi connectivity index (χ2v) is 3.70. The quantitative estimate of drug-likeness (QED) is 0.574. The Labute approximate surface area is 117 Å². The molecule has 0 aliphatic rings. The summed E-state index contributed by atoms with van der Waals surface area (Å²) < 4.78 is 5.25. The first-order chi connectivity index (χ1) is 8.34. The monoisotopic (exact) mass is 416 g/mol. The molecule has 0 N–H and O–H groups in total. The van der Waals surface area contributed by atoms with Crippen LogP contribution >= 0.6 is 0 Å². The molecule has 18 heavy (non-hydrogen) atoms. The van der Waals surface area contributed by atoms with Crippen LogP contribution in [0.1, 0.15) is 0 Å². The number of hydrogen-bond donors (Lipinski definition) is 0. The largest absolute Gasteiger partial charge is 3.00 e. The van der Waals surface area contributed by atoms with Gasteiger partial charge in [-0.2, -0.15) is 0 Å². The summed E-state index contributed by atoms with van der Waals surface area (Å²) in [5.74, 6) is 0. The number of aromatic nitrogens is 1. The van der Waals surface area contributed by atoms with Gasteiger partial charge in [-0.05, 0) is 24.3 Å². The first-order valence-corrected chi connectivity index (χ1v) is 5.29. The van der Waals surface area contributed by atoms with E-state index in [-0.39, 0.29) is 25.7 Å². The zero-order valence-electron chi connectivity index (χ0n) is 9.29. The summed E-state index contributed by atoms with van der Waals surface area (Å²) in [5, 5.41) is 0.896. The molecule has 0 aliphatic carbocycles. The van der Waals surface area contributed by atoms with Gasteiger partial charge in [0.2, 0.25) is 0 Å². The van der Waals surface area contributed by atoms with Crippen molar-refractivity contribution < 1.29 is 24.5 Å². The molecule has 0 spiro atoms. The van der Waals surface area contributed by atoms with E-state index in [0.717, 1.165) is 5.39 Å². The molecule has 0 radical (unpaired) electrons. The van der Waals surface area contributed by atoms with Gasteiger partial charge < -0.3 is 4.42 Å². The van der Waals surface area contributed by atoms with E-state index in [4.69, 9.17) is 4.42 Å². The van der Waals surface area contributed by atoms with E-state index in [2.05, 4.69) is 4.98 Å². The molecule has 3 aromatic rings. The van der Waals surface area contributed by atoms with Crippen LogP contribution in [-0.2, 0) is 20.1 Å². The second kappa shape index (κ2) is 5.25. The minimum absolute atomic E-state index is 0. The molecule has 3 rings (SSSR count). The van der Waals surface area contributed by atoms with Crippen LogP contribution in [0, 0.1) is 0 Å². The van der Waals surface area contributed by atoms with E-state index in [9.17, 15) is 4.79 Å². The van der Waals surface area contributed by atoms with Crippen LogP contribution in [0.2, 0.25) is 0 Å². The molecule has 0 aliphatic heterocycles. The SMILES string of the molecule is O=c1oc2ccccc2cc1-c1ccccn1.[Ir+3]. The molecule has 1 aromatic carbocycles. The zero-order chi connectivity index (χ0) is 11.7. The average Bonchev–Trinajstić information content (AvgIpc) is 2.39. The van der Waals surface area contributed by atoms with Crippen molar-refractivity contribution in [2.24, 2.45) is 0 Å². The van der Waals surface area contributed by atoms with Gasteiger partial charge >= 0.3 is 25.7 Å². The number of pyridine rings is 1. The van der Waals surface area contributed by atoms with E-state index >= 15 is 0 Å². The van der Waals surface area contributed by atoms with E-state index in [1.165, 1.54) is 0 Å². The van der Waals surface area contributed by atoms with Crippen molar-refractivity contribution in [3.63, 3.8) is 0 Å². The van der Waals surface area contributed by atoms with Crippen LogP contribution in [0.5, 0.6) is 0 Å². The van der Waals surface area contributed by atoms with E-state index in [1.807, 2.05) is 36.4 Å². The van der Waals surface area contributed by atoms with E-state index < -0.39 is 0 Å². The molecule has 2 heterocycles. The molecule has 0 bridgehead atoms. The van der Waals surface area contributed by atoms with Crippen molar-refractivity contribution >= 4 is 11.0 Å². The number of fused-ring (bicyclic) bond motifs is 1. The molecule has 2 aromatic heterocycles. The maximum Gasteiger partial charge on any atom is 3.00 e. The number of hydrogen-bond acceptors (Lipinski definition) is 3. The fourth-order valence-electron chi connectivity index (χ4n) is 1.76. The topological polar surface area (TPSA) is 43.1 Å². The summed E-state index contributed by atoms with van der Waals surface area (Å²) in [6, 6.07) is 14.7. The predicted octanol–water partition coefficient (Wildman–Crippen LogP) is 2.85. The maximum absolute atomic E-state index is 11.8. The second-order valence-electron chi connectivity index (χ2n) is 3.70. The van der Waals surface area contributed by atoms with Gasteiger partial charge in [0, 0.05) is 11.6 Å². The molecule has 0 saturated heterocycles. The minimum atomic E-state index is -0.359. The Kier molecular flexibility index (Phi) is 3.70. The van der Waals surface area contributed by atoms with Crippen molar-refractivity contribution in [3.8, 4) is 11.3 Å². The molecule has 0 amide bonds.